The zero-order chi connectivity index (χ0) is 54.6. The van der Waals surface area contributed by atoms with Crippen LogP contribution < -0.4 is 0 Å². The Hall–Kier alpha value is -9.00. The number of phenols is 6. The Bertz CT molecular complexity index is 3650. The maximum atomic E-state index is 12.4. The molecule has 6 heteroatoms. The Morgan fingerprint density at radius 3 is 0.872 bits per heavy atom. The number of hydrogen-bond acceptors (Lipinski definition) is 6. The van der Waals surface area contributed by atoms with E-state index in [1.54, 1.807) is 48.5 Å². The van der Waals surface area contributed by atoms with Gasteiger partial charge in [-0.1, -0.05) is 185 Å². The van der Waals surface area contributed by atoms with Gasteiger partial charge in [0.05, 0.1) is 0 Å². The number of rotatable bonds is 17. The van der Waals surface area contributed by atoms with Gasteiger partial charge in [0.15, 0.2) is 0 Å². The first kappa shape index (κ1) is 52.4. The molecule has 78 heavy (non-hydrogen) atoms. The van der Waals surface area contributed by atoms with E-state index in [9.17, 15) is 30.6 Å². The molecule has 6 N–H and O–H groups in total. The normalized spacial score (nSPS) is 12.5. The maximum absolute atomic E-state index is 12.4. The smallest absolute Gasteiger partial charge is 0.119 e. The molecule has 0 aromatic heterocycles. The zero-order valence-corrected chi connectivity index (χ0v) is 44.6. The van der Waals surface area contributed by atoms with Gasteiger partial charge in [0.2, 0.25) is 0 Å². The van der Waals surface area contributed by atoms with Crippen molar-refractivity contribution >= 4 is 0 Å². The Morgan fingerprint density at radius 2 is 0.526 bits per heavy atom. The van der Waals surface area contributed by atoms with Crippen LogP contribution in [-0.4, -0.2) is 30.6 Å². The topological polar surface area (TPSA) is 121 Å². The third kappa shape index (κ3) is 9.98. The van der Waals surface area contributed by atoms with Gasteiger partial charge in [0.1, 0.15) is 34.5 Å². The first-order chi connectivity index (χ1) is 37.9. The van der Waals surface area contributed by atoms with Crippen molar-refractivity contribution in [3.05, 3.63) is 264 Å². The molecule has 0 radical (unpaired) electrons. The van der Waals surface area contributed by atoms with Crippen molar-refractivity contribution in [1.29, 1.82) is 0 Å². The molecule has 2 unspecified atom stereocenters. The van der Waals surface area contributed by atoms with E-state index in [1.165, 1.54) is 0 Å². The highest BCUT2D eigenvalue weighted by atomic mass is 16.3. The quantitative estimate of drug-likeness (QED) is 0.0540. The lowest BCUT2D eigenvalue weighted by molar-refractivity contribution is 0.325. The standard InChI is InChI=1S/C72H66O6/c1-5-71(6-2,63-45-57(33-41-67(63)77)52-29-37-60(74)38-30-52)70(54-25-21-50(22-26-54)48-17-13-10-14-18-48)62-44-56(32-40-66(62)76)58-34-42-68(78)64(46-58)72(7-3,8-4)69(53-23-19-49(20-24-53)47-15-11-9-12-16-47)61-43-55(31-39-65(61)75)51-27-35-59(73)36-28-51/h9-46,69-70,73-78H,5-8H2,1-4H3. The van der Waals surface area contributed by atoms with Gasteiger partial charge in [0.25, 0.3) is 0 Å². The fourth-order valence-corrected chi connectivity index (χ4v) is 12.4. The summed E-state index contributed by atoms with van der Waals surface area (Å²) in [5.74, 6) is -0.0267. The number of aromatic hydroxyl groups is 6. The minimum absolute atomic E-state index is 0.120. The molecule has 0 aliphatic carbocycles. The van der Waals surface area contributed by atoms with Crippen molar-refractivity contribution < 1.29 is 30.6 Å². The van der Waals surface area contributed by atoms with Crippen molar-refractivity contribution in [3.8, 4) is 90.1 Å². The van der Waals surface area contributed by atoms with Gasteiger partial charge in [-0.05, 0) is 165 Å². The predicted molar refractivity (Wildman–Crippen MR) is 318 cm³/mol. The largest absolute Gasteiger partial charge is 0.508 e. The molecule has 10 aromatic carbocycles. The molecule has 390 valence electrons. The van der Waals surface area contributed by atoms with Crippen molar-refractivity contribution in [3.63, 3.8) is 0 Å². The summed E-state index contributed by atoms with van der Waals surface area (Å²) in [5.41, 5.74) is 12.8. The van der Waals surface area contributed by atoms with E-state index in [1.807, 2.05) is 91.0 Å². The van der Waals surface area contributed by atoms with Gasteiger partial charge >= 0.3 is 0 Å². The summed E-state index contributed by atoms with van der Waals surface area (Å²) in [6.07, 6.45) is 2.41. The highest BCUT2D eigenvalue weighted by Crippen LogP contribution is 2.56. The SMILES string of the molecule is CCC(CC)(c1cc(-c2ccc(O)cc2)ccc1O)C(c1ccc(-c2ccccc2)cc1)c1cc(-c2ccc(O)c(C(CC)(CC)C(c3ccc(-c4ccccc4)cc3)c3cc(-c4ccc(O)cc4)ccc3O)c2)ccc1O. The van der Waals surface area contributed by atoms with Crippen molar-refractivity contribution in [2.75, 3.05) is 0 Å². The van der Waals surface area contributed by atoms with Crippen LogP contribution in [0.4, 0.5) is 0 Å². The maximum Gasteiger partial charge on any atom is 0.119 e. The van der Waals surface area contributed by atoms with E-state index >= 15 is 0 Å². The summed E-state index contributed by atoms with van der Waals surface area (Å²) in [5, 5.41) is 69.3. The molecule has 0 spiro atoms. The summed E-state index contributed by atoms with van der Waals surface area (Å²) in [4.78, 5) is 0. The molecule has 0 aliphatic rings. The molecule has 6 nitrogen and oxygen atoms in total. The van der Waals surface area contributed by atoms with Crippen LogP contribution in [0.5, 0.6) is 34.5 Å². The lowest BCUT2D eigenvalue weighted by Gasteiger charge is -2.42. The molecule has 2 atom stereocenters. The van der Waals surface area contributed by atoms with E-state index in [0.29, 0.717) is 36.8 Å². The molecule has 0 saturated heterocycles. The van der Waals surface area contributed by atoms with E-state index in [-0.39, 0.29) is 34.5 Å². The second kappa shape index (κ2) is 22.3. The average Bonchev–Trinajstić information content (AvgIpc) is 3.56. The second-order valence-electron chi connectivity index (χ2n) is 20.7. The van der Waals surface area contributed by atoms with Crippen LogP contribution in [0.3, 0.4) is 0 Å². The molecule has 0 bridgehead atoms. The lowest BCUT2D eigenvalue weighted by Crippen LogP contribution is -2.34. The summed E-state index contributed by atoms with van der Waals surface area (Å²) in [7, 11) is 0. The molecule has 0 heterocycles. The predicted octanol–water partition coefficient (Wildman–Crippen LogP) is 18.0. The minimum Gasteiger partial charge on any atom is -0.508 e. The molecule has 0 saturated carbocycles. The van der Waals surface area contributed by atoms with Crippen molar-refractivity contribution in [2.45, 2.75) is 76.0 Å². The summed E-state index contributed by atoms with van der Waals surface area (Å²) < 4.78 is 0. The Balaban J connectivity index is 1.15. The van der Waals surface area contributed by atoms with Gasteiger partial charge in [0, 0.05) is 44.9 Å². The van der Waals surface area contributed by atoms with E-state index in [4.69, 9.17) is 0 Å². The zero-order valence-electron chi connectivity index (χ0n) is 44.6. The first-order valence-corrected chi connectivity index (χ1v) is 27.1. The van der Waals surface area contributed by atoms with Crippen LogP contribution in [0.15, 0.2) is 231 Å². The van der Waals surface area contributed by atoms with Gasteiger partial charge in [-0.15, -0.1) is 0 Å². The molecule has 10 rings (SSSR count). The monoisotopic (exact) mass is 1030 g/mol. The summed E-state index contributed by atoms with van der Waals surface area (Å²) >= 11 is 0. The molecule has 0 fully saturated rings. The van der Waals surface area contributed by atoms with Gasteiger partial charge in [-0.2, -0.15) is 0 Å². The van der Waals surface area contributed by atoms with Crippen LogP contribution in [0, 0.1) is 0 Å². The first-order valence-electron chi connectivity index (χ1n) is 27.1. The molecule has 0 aliphatic heterocycles. The van der Waals surface area contributed by atoms with E-state index in [0.717, 1.165) is 77.9 Å². The van der Waals surface area contributed by atoms with Crippen LogP contribution in [0.25, 0.3) is 55.6 Å². The number of phenolic OH excluding ortho intramolecular Hbond substituents is 6. The fourth-order valence-electron chi connectivity index (χ4n) is 12.4. The third-order valence-electron chi connectivity index (χ3n) is 16.8. The highest BCUT2D eigenvalue weighted by molar-refractivity contribution is 5.74. The third-order valence-corrected chi connectivity index (χ3v) is 16.8. The van der Waals surface area contributed by atoms with E-state index < -0.39 is 22.7 Å². The van der Waals surface area contributed by atoms with Crippen LogP contribution in [0.1, 0.15) is 98.6 Å². The van der Waals surface area contributed by atoms with Crippen LogP contribution in [-0.2, 0) is 10.8 Å². The Kier molecular flexibility index (Phi) is 15.0. The Morgan fingerprint density at radius 1 is 0.269 bits per heavy atom. The van der Waals surface area contributed by atoms with Crippen molar-refractivity contribution in [2.24, 2.45) is 0 Å². The molecule has 0 amide bonds. The van der Waals surface area contributed by atoms with E-state index in [2.05, 4.69) is 119 Å². The van der Waals surface area contributed by atoms with Gasteiger partial charge < -0.3 is 30.6 Å². The number of benzene rings is 10. The highest BCUT2D eigenvalue weighted by Gasteiger charge is 2.44. The molecule has 10 aromatic rings. The molecular weight excluding hydrogens is 961 g/mol. The summed E-state index contributed by atoms with van der Waals surface area (Å²) in [6, 6.07) is 74.7. The fraction of sp³-hybridized carbons (Fsp3) is 0.167. The molecular formula is C72H66O6. The number of hydrogen-bond donors (Lipinski definition) is 6. The lowest BCUT2D eigenvalue weighted by atomic mass is 9.61. The van der Waals surface area contributed by atoms with Gasteiger partial charge in [-0.3, -0.25) is 0 Å². The van der Waals surface area contributed by atoms with Gasteiger partial charge in [-0.25, -0.2) is 0 Å². The Labute approximate surface area is 458 Å². The van der Waals surface area contributed by atoms with Crippen molar-refractivity contribution in [1.82, 2.24) is 0 Å². The minimum atomic E-state index is -0.776. The van der Waals surface area contributed by atoms with Crippen LogP contribution >= 0.6 is 0 Å². The second-order valence-corrected chi connectivity index (χ2v) is 20.7. The summed E-state index contributed by atoms with van der Waals surface area (Å²) in [6.45, 7) is 8.59. The average molecular weight is 1030 g/mol. The van der Waals surface area contributed by atoms with Crippen LogP contribution in [0.2, 0.25) is 0 Å².